The van der Waals surface area contributed by atoms with E-state index in [-0.39, 0.29) is 0 Å². The van der Waals surface area contributed by atoms with Crippen LogP contribution in [-0.2, 0) is 0 Å². The summed E-state index contributed by atoms with van der Waals surface area (Å²) in [7, 11) is 0. The molecular formula is C13H13N5OS3. The number of rotatable bonds is 6. The molecule has 0 saturated heterocycles. The van der Waals surface area contributed by atoms with Crippen LogP contribution >= 0.6 is 34.6 Å². The van der Waals surface area contributed by atoms with Crippen LogP contribution in [0.15, 0.2) is 32.9 Å². The van der Waals surface area contributed by atoms with E-state index in [0.717, 1.165) is 31.1 Å². The monoisotopic (exact) mass is 351 g/mol. The third kappa shape index (κ3) is 3.73. The number of anilines is 2. The van der Waals surface area contributed by atoms with Crippen molar-refractivity contribution in [2.75, 3.05) is 11.9 Å². The molecule has 0 aliphatic rings. The molecule has 114 valence electrons. The van der Waals surface area contributed by atoms with Crippen molar-refractivity contribution in [2.45, 2.75) is 22.5 Å². The first-order valence-electron chi connectivity index (χ1n) is 6.55. The first-order valence-corrected chi connectivity index (χ1v) is 8.95. The largest absolute Gasteiger partial charge is 0.492 e. The SMILES string of the molecule is CCOc1ccccc1Nc1nnc(Sc2nc(C)ns2)s1. The fourth-order valence-electron chi connectivity index (χ4n) is 1.66. The number of aromatic nitrogens is 4. The summed E-state index contributed by atoms with van der Waals surface area (Å²) in [6, 6.07) is 7.76. The zero-order valence-corrected chi connectivity index (χ0v) is 14.4. The van der Waals surface area contributed by atoms with Crippen LogP contribution in [-0.4, -0.2) is 26.2 Å². The van der Waals surface area contributed by atoms with Crippen LogP contribution in [0.4, 0.5) is 10.8 Å². The number of aryl methyl sites for hydroxylation is 1. The lowest BCUT2D eigenvalue weighted by atomic mass is 10.3. The maximum Gasteiger partial charge on any atom is 0.211 e. The Morgan fingerprint density at radius 2 is 2.09 bits per heavy atom. The van der Waals surface area contributed by atoms with Gasteiger partial charge in [0.2, 0.25) is 5.13 Å². The molecule has 0 saturated carbocycles. The van der Waals surface area contributed by atoms with Crippen molar-refractivity contribution in [3.8, 4) is 5.75 Å². The van der Waals surface area contributed by atoms with Gasteiger partial charge in [0.15, 0.2) is 8.68 Å². The molecule has 2 heterocycles. The third-order valence-corrected chi connectivity index (χ3v) is 5.25. The molecule has 0 bridgehead atoms. The van der Waals surface area contributed by atoms with E-state index >= 15 is 0 Å². The zero-order valence-electron chi connectivity index (χ0n) is 11.9. The van der Waals surface area contributed by atoms with E-state index in [4.69, 9.17) is 4.74 Å². The highest BCUT2D eigenvalue weighted by Crippen LogP contribution is 2.35. The van der Waals surface area contributed by atoms with Gasteiger partial charge in [0.05, 0.1) is 12.3 Å². The van der Waals surface area contributed by atoms with Gasteiger partial charge in [-0.1, -0.05) is 23.5 Å². The van der Waals surface area contributed by atoms with E-state index in [1.807, 2.05) is 38.1 Å². The first kappa shape index (κ1) is 15.2. The van der Waals surface area contributed by atoms with Gasteiger partial charge in [0, 0.05) is 0 Å². The fraction of sp³-hybridized carbons (Fsp3) is 0.231. The molecule has 0 atom stereocenters. The summed E-state index contributed by atoms with van der Waals surface area (Å²) < 4.78 is 11.4. The Morgan fingerprint density at radius 3 is 2.86 bits per heavy atom. The molecule has 1 aromatic carbocycles. The molecule has 0 spiro atoms. The van der Waals surface area contributed by atoms with Crippen LogP contribution in [0.25, 0.3) is 0 Å². The highest BCUT2D eigenvalue weighted by atomic mass is 32.2. The van der Waals surface area contributed by atoms with E-state index in [0.29, 0.717) is 6.61 Å². The van der Waals surface area contributed by atoms with Crippen molar-refractivity contribution in [1.82, 2.24) is 19.6 Å². The molecule has 22 heavy (non-hydrogen) atoms. The Hall–Kier alpha value is -1.71. The van der Waals surface area contributed by atoms with Crippen LogP contribution in [0.3, 0.4) is 0 Å². The van der Waals surface area contributed by atoms with Crippen molar-refractivity contribution in [3.63, 3.8) is 0 Å². The van der Waals surface area contributed by atoms with Crippen molar-refractivity contribution < 1.29 is 4.74 Å². The molecule has 0 fully saturated rings. The minimum Gasteiger partial charge on any atom is -0.492 e. The van der Waals surface area contributed by atoms with Gasteiger partial charge in [-0.05, 0) is 49.3 Å². The van der Waals surface area contributed by atoms with Crippen molar-refractivity contribution >= 4 is 45.5 Å². The molecule has 1 N–H and O–H groups in total. The van der Waals surface area contributed by atoms with Crippen LogP contribution in [0.1, 0.15) is 12.7 Å². The van der Waals surface area contributed by atoms with Gasteiger partial charge in [0.25, 0.3) is 0 Å². The van der Waals surface area contributed by atoms with E-state index in [2.05, 4.69) is 24.9 Å². The van der Waals surface area contributed by atoms with Crippen LogP contribution in [0.2, 0.25) is 0 Å². The summed E-state index contributed by atoms with van der Waals surface area (Å²) in [6.07, 6.45) is 0. The normalized spacial score (nSPS) is 10.6. The lowest BCUT2D eigenvalue weighted by Gasteiger charge is -2.09. The zero-order chi connectivity index (χ0) is 15.4. The summed E-state index contributed by atoms with van der Waals surface area (Å²) >= 11 is 4.31. The minimum atomic E-state index is 0.617. The predicted octanol–water partition coefficient (Wildman–Crippen LogP) is 3.99. The average Bonchev–Trinajstić information content (AvgIpc) is 3.11. The number of hydrogen-bond acceptors (Lipinski definition) is 9. The number of para-hydroxylation sites is 2. The van der Waals surface area contributed by atoms with Gasteiger partial charge in [-0.25, -0.2) is 4.98 Å². The van der Waals surface area contributed by atoms with Crippen LogP contribution < -0.4 is 10.1 Å². The molecule has 0 amide bonds. The third-order valence-electron chi connectivity index (χ3n) is 2.52. The highest BCUT2D eigenvalue weighted by molar-refractivity contribution is 8.02. The molecule has 0 aliphatic heterocycles. The molecule has 9 heteroatoms. The number of hydrogen-bond donors (Lipinski definition) is 1. The highest BCUT2D eigenvalue weighted by Gasteiger charge is 2.11. The number of benzene rings is 1. The second-order valence-corrected chi connectivity index (χ2v) is 7.36. The van der Waals surface area contributed by atoms with Crippen molar-refractivity contribution in [3.05, 3.63) is 30.1 Å². The van der Waals surface area contributed by atoms with Crippen LogP contribution in [0.5, 0.6) is 5.75 Å². The molecule has 2 aromatic heterocycles. The lowest BCUT2D eigenvalue weighted by molar-refractivity contribution is 0.342. The lowest BCUT2D eigenvalue weighted by Crippen LogP contribution is -1.97. The molecule has 3 rings (SSSR count). The Bertz CT molecular complexity index is 757. The van der Waals surface area contributed by atoms with E-state index in [9.17, 15) is 0 Å². The molecular weight excluding hydrogens is 338 g/mol. The number of nitrogens with zero attached hydrogens (tertiary/aromatic N) is 4. The quantitative estimate of drug-likeness (QED) is 0.720. The summed E-state index contributed by atoms with van der Waals surface area (Å²) in [4.78, 5) is 4.31. The molecule has 0 unspecified atom stereocenters. The van der Waals surface area contributed by atoms with Gasteiger partial charge >= 0.3 is 0 Å². The summed E-state index contributed by atoms with van der Waals surface area (Å²) in [5.74, 6) is 1.58. The Balaban J connectivity index is 1.71. The second-order valence-electron chi connectivity index (χ2n) is 4.14. The Kier molecular flexibility index (Phi) is 4.86. The first-order chi connectivity index (χ1) is 10.7. The van der Waals surface area contributed by atoms with E-state index < -0.39 is 0 Å². The number of ether oxygens (including phenoxy) is 1. The summed E-state index contributed by atoms with van der Waals surface area (Å²) in [6.45, 7) is 4.45. The smallest absolute Gasteiger partial charge is 0.211 e. The van der Waals surface area contributed by atoms with E-state index in [1.165, 1.54) is 34.6 Å². The standard InChI is InChI=1S/C13H13N5OS3/c1-3-19-10-7-5-4-6-9(10)15-11-16-17-13(20-11)21-12-14-8(2)18-22-12/h4-7H,3H2,1-2H3,(H,15,16). The van der Waals surface area contributed by atoms with Crippen LogP contribution in [0, 0.1) is 6.92 Å². The topological polar surface area (TPSA) is 72.8 Å². The molecule has 3 aromatic rings. The molecule has 0 aliphatic carbocycles. The van der Waals surface area contributed by atoms with Gasteiger partial charge < -0.3 is 10.1 Å². The fourth-order valence-corrected chi connectivity index (χ4v) is 4.28. The summed E-state index contributed by atoms with van der Waals surface area (Å²) in [5.41, 5.74) is 0.879. The molecule has 0 radical (unpaired) electrons. The minimum absolute atomic E-state index is 0.617. The summed E-state index contributed by atoms with van der Waals surface area (Å²) in [5, 5.41) is 12.3. The van der Waals surface area contributed by atoms with Gasteiger partial charge in [-0.15, -0.1) is 10.2 Å². The van der Waals surface area contributed by atoms with Gasteiger partial charge in [-0.3, -0.25) is 0 Å². The average molecular weight is 351 g/mol. The van der Waals surface area contributed by atoms with E-state index in [1.54, 1.807) is 0 Å². The van der Waals surface area contributed by atoms with Gasteiger partial charge in [0.1, 0.15) is 11.6 Å². The maximum absolute atomic E-state index is 5.59. The second kappa shape index (κ2) is 7.03. The maximum atomic E-state index is 5.59. The predicted molar refractivity (Wildman–Crippen MR) is 89.6 cm³/mol. The van der Waals surface area contributed by atoms with Gasteiger partial charge in [-0.2, -0.15) is 4.37 Å². The van der Waals surface area contributed by atoms with Crippen molar-refractivity contribution in [1.29, 1.82) is 0 Å². The molecule has 6 nitrogen and oxygen atoms in total. The number of nitrogens with one attached hydrogen (secondary N) is 1. The Labute approximate surface area is 140 Å². The Morgan fingerprint density at radius 1 is 1.23 bits per heavy atom. The van der Waals surface area contributed by atoms with Crippen molar-refractivity contribution in [2.24, 2.45) is 0 Å².